The molecular weight excluding hydrogens is 260 g/mol. The van der Waals surface area contributed by atoms with Crippen molar-refractivity contribution < 1.29 is 63.0 Å². The third-order valence-electron chi connectivity index (χ3n) is 2.74. The number of nitrogens with zero attached hydrogens (tertiary/aromatic N) is 1. The van der Waals surface area contributed by atoms with Crippen molar-refractivity contribution >= 4 is 5.91 Å². The molecule has 0 bridgehead atoms. The zero-order chi connectivity index (χ0) is 11.0. The van der Waals surface area contributed by atoms with Crippen LogP contribution in [0.2, 0.25) is 0 Å². The SMILES string of the molecule is CC.CC.O=C1[N-]CCC2CCCC12.[Rb+]. The van der Waals surface area contributed by atoms with Crippen LogP contribution in [0.25, 0.3) is 5.32 Å². The average molecular weight is 284 g/mol. The minimum absolute atomic E-state index is 0. The van der Waals surface area contributed by atoms with Gasteiger partial charge in [-0.2, -0.15) is 0 Å². The monoisotopic (exact) mass is 283 g/mol. The van der Waals surface area contributed by atoms with Crippen LogP contribution in [0.15, 0.2) is 0 Å². The Balaban J connectivity index is 0. The van der Waals surface area contributed by atoms with Crippen molar-refractivity contribution in [3.63, 3.8) is 0 Å². The van der Waals surface area contributed by atoms with Crippen LogP contribution < -0.4 is 58.2 Å². The van der Waals surface area contributed by atoms with Crippen LogP contribution in [-0.2, 0) is 4.79 Å². The van der Waals surface area contributed by atoms with Crippen LogP contribution in [0.1, 0.15) is 53.4 Å². The summed E-state index contributed by atoms with van der Waals surface area (Å²) in [4.78, 5) is 11.1. The van der Waals surface area contributed by atoms with Gasteiger partial charge in [-0.1, -0.05) is 40.5 Å². The fraction of sp³-hybridized carbons (Fsp3) is 0.917. The van der Waals surface area contributed by atoms with Gasteiger partial charge >= 0.3 is 58.2 Å². The molecule has 0 N–H and O–H groups in total. The van der Waals surface area contributed by atoms with Crippen LogP contribution in [-0.4, -0.2) is 12.5 Å². The van der Waals surface area contributed by atoms with Crippen molar-refractivity contribution in [1.82, 2.24) is 0 Å². The minimum Gasteiger partial charge on any atom is -0.653 e. The summed E-state index contributed by atoms with van der Waals surface area (Å²) in [5.74, 6) is 1.22. The van der Waals surface area contributed by atoms with E-state index in [0.29, 0.717) is 11.8 Å². The number of hydrogen-bond donors (Lipinski definition) is 0. The Morgan fingerprint density at radius 1 is 1.07 bits per heavy atom. The van der Waals surface area contributed by atoms with Gasteiger partial charge in [0.15, 0.2) is 0 Å². The minimum atomic E-state index is 0. The Bertz CT molecular complexity index is 162. The van der Waals surface area contributed by atoms with Gasteiger partial charge in [0.25, 0.3) is 0 Å². The number of rotatable bonds is 0. The summed E-state index contributed by atoms with van der Waals surface area (Å²) in [5, 5.41) is 3.93. The average Bonchev–Trinajstić information content (AvgIpc) is 2.73. The van der Waals surface area contributed by atoms with Crippen molar-refractivity contribution in [3.8, 4) is 0 Å². The number of hydrogen-bond acceptors (Lipinski definition) is 1. The molecule has 3 heteroatoms. The van der Waals surface area contributed by atoms with Crippen LogP contribution in [0.3, 0.4) is 0 Å². The third kappa shape index (κ3) is 5.95. The summed E-state index contributed by atoms with van der Waals surface area (Å²) in [5.41, 5.74) is 0. The first-order valence-electron chi connectivity index (χ1n) is 6.09. The number of fused-ring (bicyclic) bond motifs is 1. The first kappa shape index (κ1) is 18.6. The first-order valence-corrected chi connectivity index (χ1v) is 6.09. The summed E-state index contributed by atoms with van der Waals surface area (Å²) >= 11 is 0. The van der Waals surface area contributed by atoms with E-state index < -0.39 is 0 Å². The molecule has 0 aromatic rings. The van der Waals surface area contributed by atoms with Gasteiger partial charge in [-0.05, 0) is 18.8 Å². The zero-order valence-electron chi connectivity index (χ0n) is 11.0. The van der Waals surface area contributed by atoms with E-state index in [2.05, 4.69) is 5.32 Å². The maximum Gasteiger partial charge on any atom is 1.00 e. The van der Waals surface area contributed by atoms with Crippen molar-refractivity contribution in [2.24, 2.45) is 11.8 Å². The molecule has 1 saturated carbocycles. The molecule has 1 aliphatic heterocycles. The Labute approximate surface area is 144 Å². The largest absolute Gasteiger partial charge is 1.00 e. The summed E-state index contributed by atoms with van der Waals surface area (Å²) in [6.45, 7) is 8.79. The topological polar surface area (TPSA) is 31.2 Å². The predicted octanol–water partition coefficient (Wildman–Crippen LogP) is 0.763. The fourth-order valence-corrected chi connectivity index (χ4v) is 2.17. The predicted molar refractivity (Wildman–Crippen MR) is 61.4 cm³/mol. The van der Waals surface area contributed by atoms with Gasteiger partial charge in [-0.25, -0.2) is 0 Å². The van der Waals surface area contributed by atoms with Crippen LogP contribution in [0.5, 0.6) is 0 Å². The van der Waals surface area contributed by atoms with E-state index in [1.54, 1.807) is 0 Å². The van der Waals surface area contributed by atoms with Gasteiger partial charge < -0.3 is 10.1 Å². The van der Waals surface area contributed by atoms with E-state index in [9.17, 15) is 4.79 Å². The van der Waals surface area contributed by atoms with Gasteiger partial charge in [0.2, 0.25) is 0 Å². The maximum atomic E-state index is 11.1. The molecule has 0 aromatic carbocycles. The second-order valence-corrected chi connectivity index (χ2v) is 3.31. The maximum absolute atomic E-state index is 11.1. The van der Waals surface area contributed by atoms with Crippen molar-refractivity contribution in [3.05, 3.63) is 5.32 Å². The van der Waals surface area contributed by atoms with E-state index in [1.807, 2.05) is 27.7 Å². The van der Waals surface area contributed by atoms with Gasteiger partial charge in [-0.3, -0.25) is 0 Å². The number of carbonyl (C=O) groups excluding carboxylic acids is 1. The first-order chi connectivity index (χ1) is 6.88. The fourth-order valence-electron chi connectivity index (χ4n) is 2.17. The van der Waals surface area contributed by atoms with E-state index in [0.717, 1.165) is 19.4 Å². The van der Waals surface area contributed by atoms with Crippen LogP contribution in [0, 0.1) is 11.8 Å². The molecule has 2 nitrogen and oxygen atoms in total. The second kappa shape index (κ2) is 11.8. The molecule has 1 heterocycles. The normalized spacial score (nSPS) is 26.8. The van der Waals surface area contributed by atoms with Crippen molar-refractivity contribution in [2.45, 2.75) is 53.4 Å². The van der Waals surface area contributed by atoms with E-state index in [-0.39, 0.29) is 64.1 Å². The number of amides is 1. The molecule has 2 rings (SSSR count). The van der Waals surface area contributed by atoms with Gasteiger partial charge in [0.05, 0.1) is 5.91 Å². The molecule has 0 aromatic heterocycles. The zero-order valence-corrected chi connectivity index (χ0v) is 16.0. The van der Waals surface area contributed by atoms with E-state index in [4.69, 9.17) is 0 Å². The molecule has 1 amide bonds. The molecule has 15 heavy (non-hydrogen) atoms. The summed E-state index contributed by atoms with van der Waals surface area (Å²) < 4.78 is 0. The molecule has 1 saturated heterocycles. The summed E-state index contributed by atoms with van der Waals surface area (Å²) in [6.07, 6.45) is 4.78. The molecule has 1 aliphatic carbocycles. The smallest absolute Gasteiger partial charge is 0.653 e. The Morgan fingerprint density at radius 3 is 2.20 bits per heavy atom. The molecule has 84 valence electrons. The second-order valence-electron chi connectivity index (χ2n) is 3.31. The molecule has 0 radical (unpaired) electrons. The van der Waals surface area contributed by atoms with Crippen molar-refractivity contribution in [2.75, 3.05) is 6.54 Å². The van der Waals surface area contributed by atoms with Crippen LogP contribution >= 0.6 is 0 Å². The number of carbonyl (C=O) groups is 1. The summed E-state index contributed by atoms with van der Waals surface area (Å²) in [7, 11) is 0. The quantitative estimate of drug-likeness (QED) is 0.646. The molecule has 2 unspecified atom stereocenters. The van der Waals surface area contributed by atoms with Gasteiger partial charge in [0.1, 0.15) is 0 Å². The molecule has 2 aliphatic rings. The molecule has 2 fully saturated rings. The van der Waals surface area contributed by atoms with Crippen LogP contribution in [0.4, 0.5) is 0 Å². The Hall–Kier alpha value is 1.28. The van der Waals surface area contributed by atoms with Gasteiger partial charge in [0, 0.05) is 5.92 Å². The Kier molecular flexibility index (Phi) is 14.6. The molecule has 2 atom stereocenters. The standard InChI is InChI=1S/C8H13NO.2C2H6.Rb/c10-8-7-3-1-2-6(7)4-5-9-8;2*1-2;/h6-7H,1-5H2,(H,9,10);2*1-2H3;/q;;;+1/p-1. The van der Waals surface area contributed by atoms with E-state index >= 15 is 0 Å². The van der Waals surface area contributed by atoms with Gasteiger partial charge in [-0.15, -0.1) is 6.54 Å². The molecule has 0 spiro atoms. The number of piperidine rings is 1. The third-order valence-corrected chi connectivity index (χ3v) is 2.74. The molecular formula is C12H24NORb. The Morgan fingerprint density at radius 2 is 1.67 bits per heavy atom. The van der Waals surface area contributed by atoms with Crippen molar-refractivity contribution in [1.29, 1.82) is 0 Å². The van der Waals surface area contributed by atoms with E-state index in [1.165, 1.54) is 12.8 Å². The summed E-state index contributed by atoms with van der Waals surface area (Å²) in [6, 6.07) is 0.